The van der Waals surface area contributed by atoms with Gasteiger partial charge in [0.1, 0.15) is 17.8 Å². The van der Waals surface area contributed by atoms with Crippen molar-refractivity contribution in [2.75, 3.05) is 25.7 Å². The lowest BCUT2D eigenvalue weighted by atomic mass is 9.81. The third-order valence-corrected chi connectivity index (χ3v) is 5.97. The number of anilines is 1. The Morgan fingerprint density at radius 2 is 1.69 bits per heavy atom. The number of allylic oxidation sites excluding steroid dienone is 1. The molecular weight excluding hydrogens is 504 g/mol. The van der Waals surface area contributed by atoms with E-state index in [1.165, 1.54) is 25.4 Å². The van der Waals surface area contributed by atoms with E-state index in [9.17, 15) is 19.6 Å². The van der Waals surface area contributed by atoms with Crippen LogP contribution in [-0.4, -0.2) is 43.7 Å². The summed E-state index contributed by atoms with van der Waals surface area (Å²) in [6.45, 7) is 1.88. The van der Waals surface area contributed by atoms with E-state index in [0.717, 1.165) is 0 Å². The molecule has 1 aliphatic rings. The summed E-state index contributed by atoms with van der Waals surface area (Å²) >= 11 is 0. The Bertz CT molecular complexity index is 1520. The van der Waals surface area contributed by atoms with Gasteiger partial charge in [-0.2, -0.15) is 5.26 Å². The molecule has 1 unspecified atom stereocenters. The predicted molar refractivity (Wildman–Crippen MR) is 137 cm³/mol. The number of hydrogen-bond donors (Lipinski definition) is 1. The van der Waals surface area contributed by atoms with Crippen molar-refractivity contribution in [1.29, 1.82) is 5.26 Å². The first-order chi connectivity index (χ1) is 18.9. The molecule has 39 heavy (non-hydrogen) atoms. The zero-order chi connectivity index (χ0) is 28.1. The smallest absolute Gasteiger partial charge is 0.360 e. The van der Waals surface area contributed by atoms with Crippen molar-refractivity contribution in [3.63, 3.8) is 0 Å². The number of nitrogens with zero attached hydrogens (tertiary/aromatic N) is 3. The fourth-order valence-corrected chi connectivity index (χ4v) is 4.24. The zero-order valence-electron chi connectivity index (χ0n) is 21.3. The summed E-state index contributed by atoms with van der Waals surface area (Å²) in [4.78, 5) is 43.6. The SMILES string of the molecule is CCOC(=O)c1coc(-c2ccc(N3C(N)=C(C#N)C(c4ccccc4)C(C(=O)OC)=C3C(=O)OC)cc2)n1. The molecule has 0 saturated heterocycles. The number of carbonyl (C=O) groups excluding carboxylic acids is 3. The topological polar surface area (TPSA) is 158 Å². The van der Waals surface area contributed by atoms with E-state index in [4.69, 9.17) is 24.4 Å². The second kappa shape index (κ2) is 11.4. The monoisotopic (exact) mass is 528 g/mol. The van der Waals surface area contributed by atoms with Gasteiger partial charge in [-0.15, -0.1) is 0 Å². The van der Waals surface area contributed by atoms with Crippen LogP contribution in [0, 0.1) is 11.3 Å². The minimum atomic E-state index is -0.970. The van der Waals surface area contributed by atoms with Gasteiger partial charge in [-0.25, -0.2) is 19.4 Å². The van der Waals surface area contributed by atoms with Crippen LogP contribution < -0.4 is 10.6 Å². The molecule has 0 aliphatic carbocycles. The van der Waals surface area contributed by atoms with Crippen molar-refractivity contribution < 1.29 is 33.0 Å². The molecule has 0 bridgehead atoms. The Kier molecular flexibility index (Phi) is 7.77. The molecule has 0 spiro atoms. The highest BCUT2D eigenvalue weighted by molar-refractivity contribution is 6.06. The van der Waals surface area contributed by atoms with Gasteiger partial charge in [0.2, 0.25) is 5.89 Å². The van der Waals surface area contributed by atoms with Gasteiger partial charge in [-0.3, -0.25) is 4.90 Å². The number of ether oxygens (including phenoxy) is 3. The number of rotatable bonds is 7. The van der Waals surface area contributed by atoms with E-state index in [1.54, 1.807) is 61.5 Å². The fraction of sp³-hybridized carbons (Fsp3) is 0.179. The lowest BCUT2D eigenvalue weighted by Crippen LogP contribution is -2.40. The van der Waals surface area contributed by atoms with Gasteiger partial charge in [-0.1, -0.05) is 30.3 Å². The molecule has 2 aromatic carbocycles. The maximum absolute atomic E-state index is 13.1. The first-order valence-corrected chi connectivity index (χ1v) is 11.7. The van der Waals surface area contributed by atoms with Crippen LogP contribution in [0.25, 0.3) is 11.5 Å². The van der Waals surface area contributed by atoms with Crippen LogP contribution in [0.2, 0.25) is 0 Å². The van der Waals surface area contributed by atoms with Gasteiger partial charge in [0.05, 0.1) is 44.0 Å². The molecule has 0 amide bonds. The number of aromatic nitrogens is 1. The van der Waals surface area contributed by atoms with E-state index < -0.39 is 23.8 Å². The number of carbonyl (C=O) groups is 3. The highest BCUT2D eigenvalue weighted by Gasteiger charge is 2.43. The Labute approximate surface area is 223 Å². The minimum absolute atomic E-state index is 0.0170. The number of oxazole rings is 1. The zero-order valence-corrected chi connectivity index (χ0v) is 21.3. The van der Waals surface area contributed by atoms with Gasteiger partial charge < -0.3 is 24.4 Å². The number of benzene rings is 2. The Balaban J connectivity index is 1.86. The molecule has 4 rings (SSSR count). The van der Waals surface area contributed by atoms with E-state index >= 15 is 0 Å². The van der Waals surface area contributed by atoms with Crippen LogP contribution in [0.4, 0.5) is 5.69 Å². The first kappa shape index (κ1) is 26.7. The van der Waals surface area contributed by atoms with Crippen LogP contribution in [0.5, 0.6) is 0 Å². The van der Waals surface area contributed by atoms with E-state index in [-0.39, 0.29) is 40.9 Å². The summed E-state index contributed by atoms with van der Waals surface area (Å²) in [6.07, 6.45) is 1.19. The summed E-state index contributed by atoms with van der Waals surface area (Å²) in [5.41, 5.74) is 7.69. The van der Waals surface area contributed by atoms with E-state index in [2.05, 4.69) is 11.1 Å². The summed E-state index contributed by atoms with van der Waals surface area (Å²) < 4.78 is 20.4. The van der Waals surface area contributed by atoms with Gasteiger partial charge in [0.25, 0.3) is 0 Å². The molecule has 2 heterocycles. The molecule has 1 aliphatic heterocycles. The lowest BCUT2D eigenvalue weighted by Gasteiger charge is -2.35. The van der Waals surface area contributed by atoms with Crippen molar-refractivity contribution in [3.05, 3.63) is 94.8 Å². The van der Waals surface area contributed by atoms with Crippen molar-refractivity contribution in [1.82, 2.24) is 4.98 Å². The third kappa shape index (κ3) is 4.95. The molecule has 0 saturated carbocycles. The number of hydrogen-bond acceptors (Lipinski definition) is 11. The highest BCUT2D eigenvalue weighted by atomic mass is 16.5. The Morgan fingerprint density at radius 1 is 1.03 bits per heavy atom. The molecule has 1 atom stereocenters. The van der Waals surface area contributed by atoms with Crippen LogP contribution >= 0.6 is 0 Å². The molecule has 11 heteroatoms. The first-order valence-electron chi connectivity index (χ1n) is 11.7. The number of nitrogens with two attached hydrogens (primary N) is 1. The summed E-state index contributed by atoms with van der Waals surface area (Å²) in [5, 5.41) is 10.1. The number of esters is 3. The normalized spacial score (nSPS) is 15.0. The summed E-state index contributed by atoms with van der Waals surface area (Å²) in [5.74, 6) is -3.16. The van der Waals surface area contributed by atoms with E-state index in [1.807, 2.05) is 0 Å². The molecule has 11 nitrogen and oxygen atoms in total. The van der Waals surface area contributed by atoms with Crippen molar-refractivity contribution in [3.8, 4) is 17.5 Å². The van der Waals surface area contributed by atoms with Gasteiger partial charge in [0.15, 0.2) is 5.69 Å². The van der Waals surface area contributed by atoms with Gasteiger partial charge in [-0.05, 0) is 36.8 Å². The van der Waals surface area contributed by atoms with Crippen molar-refractivity contribution in [2.45, 2.75) is 12.8 Å². The number of nitriles is 1. The second-order valence-electron chi connectivity index (χ2n) is 8.14. The molecule has 2 N–H and O–H groups in total. The maximum atomic E-state index is 13.1. The van der Waals surface area contributed by atoms with E-state index in [0.29, 0.717) is 16.8 Å². The molecule has 1 aromatic heterocycles. The van der Waals surface area contributed by atoms with Gasteiger partial charge in [0, 0.05) is 11.3 Å². The Hall–Kier alpha value is -5.37. The van der Waals surface area contributed by atoms with Crippen LogP contribution in [0.3, 0.4) is 0 Å². The molecular formula is C28H24N4O7. The third-order valence-electron chi connectivity index (χ3n) is 5.97. The molecule has 198 valence electrons. The molecule has 0 radical (unpaired) electrons. The predicted octanol–water partition coefficient (Wildman–Crippen LogP) is 3.42. The Morgan fingerprint density at radius 3 is 2.28 bits per heavy atom. The molecule has 0 fully saturated rings. The van der Waals surface area contributed by atoms with Crippen molar-refractivity contribution in [2.24, 2.45) is 5.73 Å². The average Bonchev–Trinajstić information content (AvgIpc) is 3.47. The highest BCUT2D eigenvalue weighted by Crippen LogP contribution is 2.43. The quantitative estimate of drug-likeness (QED) is 0.354. The second-order valence-corrected chi connectivity index (χ2v) is 8.14. The van der Waals surface area contributed by atoms with Crippen LogP contribution in [0.15, 0.2) is 87.9 Å². The summed E-state index contributed by atoms with van der Waals surface area (Å²) in [7, 11) is 2.35. The fourth-order valence-electron chi connectivity index (χ4n) is 4.24. The van der Waals surface area contributed by atoms with Crippen molar-refractivity contribution >= 4 is 23.6 Å². The maximum Gasteiger partial charge on any atom is 0.360 e. The largest absolute Gasteiger partial charge is 0.466 e. The minimum Gasteiger partial charge on any atom is -0.466 e. The van der Waals surface area contributed by atoms with Crippen LogP contribution in [-0.2, 0) is 23.8 Å². The van der Waals surface area contributed by atoms with Crippen LogP contribution in [0.1, 0.15) is 28.9 Å². The number of methoxy groups -OCH3 is 2. The lowest BCUT2D eigenvalue weighted by molar-refractivity contribution is -0.139. The molecule has 3 aromatic rings. The van der Waals surface area contributed by atoms with Gasteiger partial charge >= 0.3 is 17.9 Å². The standard InChI is InChI=1S/C28H24N4O7/c1-4-38-26(33)20-15-39-25(31-20)17-10-12-18(13-11-17)32-23(28(35)37-3)22(27(34)36-2)21(19(14-29)24(32)30)16-8-6-5-7-9-16/h5-13,15,21H,4,30H2,1-3H3. The average molecular weight is 529 g/mol. The summed E-state index contributed by atoms with van der Waals surface area (Å²) in [6, 6.07) is 17.2.